The second-order valence-corrected chi connectivity index (χ2v) is 2.27. The summed E-state index contributed by atoms with van der Waals surface area (Å²) >= 11 is 0. The molecule has 0 aliphatic carbocycles. The van der Waals surface area contributed by atoms with E-state index in [2.05, 4.69) is 13.8 Å². The molecule has 0 heterocycles. The van der Waals surface area contributed by atoms with E-state index in [0.29, 0.717) is 0 Å². The number of hydrogen-bond acceptors (Lipinski definition) is 0. The van der Waals surface area contributed by atoms with Gasteiger partial charge in [0, 0.05) is 21.1 Å². The first kappa shape index (κ1) is 12.4. The van der Waals surface area contributed by atoms with Crippen LogP contribution in [-0.4, -0.2) is 0 Å². The third kappa shape index (κ3) is 12.0. The fourth-order valence-electron chi connectivity index (χ4n) is 0.780. The molecule has 0 unspecified atom stereocenters. The van der Waals surface area contributed by atoms with Crippen molar-refractivity contribution in [2.45, 2.75) is 45.4 Å². The average Bonchev–Trinajstić information content (AvgIpc) is 1.81. The quantitative estimate of drug-likeness (QED) is 0.540. The van der Waals surface area contributed by atoms with Crippen LogP contribution in [-0.2, 0) is 21.1 Å². The molecule has 0 saturated heterocycles. The van der Waals surface area contributed by atoms with Gasteiger partial charge in [0.15, 0.2) is 0 Å². The minimum Gasteiger partial charge on any atom is -0.343 e. The summed E-state index contributed by atoms with van der Waals surface area (Å²) < 4.78 is 0. The first-order valence-corrected chi connectivity index (χ1v) is 3.71. The Morgan fingerprint density at radius 3 is 2.00 bits per heavy atom. The molecule has 0 aliphatic heterocycles. The van der Waals surface area contributed by atoms with Gasteiger partial charge in [-0.2, -0.15) is 6.42 Å². The largest absolute Gasteiger partial charge is 0.343 e. The number of unbranched alkanes of at least 4 members (excludes halogenated alkanes) is 5. The molecule has 0 aromatic rings. The zero-order valence-corrected chi connectivity index (χ0v) is 8.54. The normalized spacial score (nSPS) is 8.67. The monoisotopic (exact) mass is 308 g/mol. The third-order valence-corrected chi connectivity index (χ3v) is 1.35. The van der Waals surface area contributed by atoms with Gasteiger partial charge in [-0.05, 0) is 0 Å². The van der Waals surface area contributed by atoms with E-state index in [1.165, 1.54) is 32.1 Å². The Bertz CT molecular complexity index is 29.5. The standard InChI is InChI=1S/C8H17.Pt/c1-3-5-7-8-6-4-2;/h1,3-8H2,2H3;/q-1;. The van der Waals surface area contributed by atoms with Gasteiger partial charge in [0.25, 0.3) is 0 Å². The minimum absolute atomic E-state index is 0. The predicted octanol–water partition coefficient (Wildman–Crippen LogP) is 3.18. The van der Waals surface area contributed by atoms with E-state index in [-0.39, 0.29) is 21.1 Å². The molecule has 60 valence electrons. The van der Waals surface area contributed by atoms with Crippen LogP contribution in [0.25, 0.3) is 0 Å². The average molecular weight is 308 g/mol. The van der Waals surface area contributed by atoms with Crippen molar-refractivity contribution in [1.82, 2.24) is 0 Å². The molecule has 0 amide bonds. The van der Waals surface area contributed by atoms with Crippen LogP contribution in [0.15, 0.2) is 0 Å². The molecule has 0 aromatic carbocycles. The van der Waals surface area contributed by atoms with Crippen LogP contribution in [0.1, 0.15) is 45.4 Å². The smallest absolute Gasteiger partial charge is 0 e. The van der Waals surface area contributed by atoms with E-state index in [9.17, 15) is 0 Å². The zero-order chi connectivity index (χ0) is 6.24. The molecule has 0 nitrogen and oxygen atoms in total. The van der Waals surface area contributed by atoms with Gasteiger partial charge in [-0.1, -0.05) is 39.0 Å². The maximum absolute atomic E-state index is 3.78. The molecule has 0 atom stereocenters. The van der Waals surface area contributed by atoms with E-state index in [1.54, 1.807) is 0 Å². The van der Waals surface area contributed by atoms with Crippen molar-refractivity contribution in [3.8, 4) is 0 Å². The zero-order valence-electron chi connectivity index (χ0n) is 6.27. The van der Waals surface area contributed by atoms with E-state index in [4.69, 9.17) is 0 Å². The molecule has 0 aromatic heterocycles. The van der Waals surface area contributed by atoms with Crippen molar-refractivity contribution in [2.75, 3.05) is 0 Å². The van der Waals surface area contributed by atoms with E-state index >= 15 is 0 Å². The van der Waals surface area contributed by atoms with Crippen molar-refractivity contribution in [3.63, 3.8) is 0 Å². The van der Waals surface area contributed by atoms with Crippen LogP contribution < -0.4 is 0 Å². The van der Waals surface area contributed by atoms with Crippen LogP contribution in [0, 0.1) is 6.92 Å². The molecular weight excluding hydrogens is 291 g/mol. The summed E-state index contributed by atoms with van der Waals surface area (Å²) in [6, 6.07) is 0. The summed E-state index contributed by atoms with van der Waals surface area (Å²) in [5.74, 6) is 0. The van der Waals surface area contributed by atoms with Gasteiger partial charge in [-0.15, -0.1) is 0 Å². The summed E-state index contributed by atoms with van der Waals surface area (Å²) in [6.07, 6.45) is 7.98. The summed E-state index contributed by atoms with van der Waals surface area (Å²) in [6.45, 7) is 6.02. The molecule has 1 heteroatoms. The van der Waals surface area contributed by atoms with E-state index < -0.39 is 0 Å². The van der Waals surface area contributed by atoms with Crippen LogP contribution in [0.5, 0.6) is 0 Å². The third-order valence-electron chi connectivity index (χ3n) is 1.35. The topological polar surface area (TPSA) is 0 Å². The maximum atomic E-state index is 3.78. The van der Waals surface area contributed by atoms with Crippen molar-refractivity contribution < 1.29 is 21.1 Å². The van der Waals surface area contributed by atoms with Crippen LogP contribution in [0.3, 0.4) is 0 Å². The second-order valence-electron chi connectivity index (χ2n) is 2.27. The molecule has 0 rings (SSSR count). The van der Waals surface area contributed by atoms with E-state index in [0.717, 1.165) is 6.42 Å². The van der Waals surface area contributed by atoms with Crippen molar-refractivity contribution in [3.05, 3.63) is 6.92 Å². The first-order chi connectivity index (χ1) is 3.91. The van der Waals surface area contributed by atoms with Gasteiger partial charge < -0.3 is 6.92 Å². The van der Waals surface area contributed by atoms with Gasteiger partial charge in [0.1, 0.15) is 0 Å². The van der Waals surface area contributed by atoms with Gasteiger partial charge >= 0.3 is 0 Å². The van der Waals surface area contributed by atoms with Gasteiger partial charge in [-0.25, -0.2) is 0 Å². The Hall–Kier alpha value is 0.688. The Balaban J connectivity index is 0. The van der Waals surface area contributed by atoms with Gasteiger partial charge in [0.2, 0.25) is 0 Å². The molecule has 0 N–H and O–H groups in total. The molecule has 0 aliphatic rings. The molecule has 0 radical (unpaired) electrons. The van der Waals surface area contributed by atoms with E-state index in [1.807, 2.05) is 0 Å². The Morgan fingerprint density at radius 2 is 1.56 bits per heavy atom. The van der Waals surface area contributed by atoms with Crippen LogP contribution in [0.4, 0.5) is 0 Å². The summed E-state index contributed by atoms with van der Waals surface area (Å²) in [5, 5.41) is 0. The van der Waals surface area contributed by atoms with Crippen molar-refractivity contribution in [1.29, 1.82) is 0 Å². The van der Waals surface area contributed by atoms with Crippen molar-refractivity contribution in [2.24, 2.45) is 0 Å². The summed E-state index contributed by atoms with van der Waals surface area (Å²) in [7, 11) is 0. The van der Waals surface area contributed by atoms with Crippen molar-refractivity contribution >= 4 is 0 Å². The molecule has 0 fully saturated rings. The predicted molar refractivity (Wildman–Crippen MR) is 38.7 cm³/mol. The summed E-state index contributed by atoms with van der Waals surface area (Å²) in [5.41, 5.74) is 0. The summed E-state index contributed by atoms with van der Waals surface area (Å²) in [4.78, 5) is 0. The molecule has 0 bridgehead atoms. The van der Waals surface area contributed by atoms with Crippen LogP contribution >= 0.6 is 0 Å². The Kier molecular flexibility index (Phi) is 15.8. The van der Waals surface area contributed by atoms with Crippen LogP contribution in [0.2, 0.25) is 0 Å². The fraction of sp³-hybridized carbons (Fsp3) is 0.875. The molecule has 0 saturated carbocycles. The maximum Gasteiger partial charge on any atom is 0 e. The number of rotatable bonds is 5. The second kappa shape index (κ2) is 11.5. The first-order valence-electron chi connectivity index (χ1n) is 3.71. The number of hydrogen-bond donors (Lipinski definition) is 0. The Labute approximate surface area is 73.7 Å². The molecular formula is C8H17Pt-. The SMILES string of the molecule is [CH2-]CCCCCCC.[Pt]. The van der Waals surface area contributed by atoms with Gasteiger partial charge in [0.05, 0.1) is 0 Å². The molecule has 9 heavy (non-hydrogen) atoms. The molecule has 0 spiro atoms. The van der Waals surface area contributed by atoms with Gasteiger partial charge in [-0.3, -0.25) is 0 Å². The Morgan fingerprint density at radius 1 is 1.00 bits per heavy atom. The minimum atomic E-state index is 0. The fourth-order valence-corrected chi connectivity index (χ4v) is 0.780.